The Labute approximate surface area is 144 Å². The van der Waals surface area contributed by atoms with Gasteiger partial charge in [0.2, 0.25) is 10.8 Å². The Hall–Kier alpha value is -3.26. The van der Waals surface area contributed by atoms with Gasteiger partial charge in [-0.3, -0.25) is 9.59 Å². The lowest BCUT2D eigenvalue weighted by molar-refractivity contribution is -0.131. The monoisotopic (exact) mass is 353 g/mol. The van der Waals surface area contributed by atoms with Crippen molar-refractivity contribution >= 4 is 28.3 Å². The standard InChI is InChI=1S/C17H11N3O4S/c1-10(21)24-12-5-2-4-11(8-12)9-14-16(22)20-17(25-14)18-15(19-20)13-6-3-7-23-13/h2-9H,1H3/b14-9+. The Morgan fingerprint density at radius 2 is 2.20 bits per heavy atom. The maximum atomic E-state index is 12.5. The largest absolute Gasteiger partial charge is 0.461 e. The van der Waals surface area contributed by atoms with Gasteiger partial charge in [-0.1, -0.05) is 23.5 Å². The molecule has 0 spiro atoms. The van der Waals surface area contributed by atoms with Gasteiger partial charge in [0.05, 0.1) is 10.8 Å². The Morgan fingerprint density at radius 3 is 2.92 bits per heavy atom. The van der Waals surface area contributed by atoms with Gasteiger partial charge in [0, 0.05) is 6.92 Å². The van der Waals surface area contributed by atoms with E-state index in [9.17, 15) is 9.59 Å². The van der Waals surface area contributed by atoms with Crippen LogP contribution in [0, 0.1) is 0 Å². The van der Waals surface area contributed by atoms with Gasteiger partial charge in [-0.25, -0.2) is 0 Å². The number of carbonyl (C=O) groups is 1. The SMILES string of the molecule is CC(=O)Oc1cccc(/C=c2/sc3nc(-c4ccco4)nn3c2=O)c1. The Kier molecular flexibility index (Phi) is 3.66. The maximum Gasteiger partial charge on any atom is 0.308 e. The summed E-state index contributed by atoms with van der Waals surface area (Å²) in [7, 11) is 0. The van der Waals surface area contributed by atoms with Crippen LogP contribution in [0.1, 0.15) is 12.5 Å². The van der Waals surface area contributed by atoms with Crippen molar-refractivity contribution in [2.75, 3.05) is 0 Å². The van der Waals surface area contributed by atoms with E-state index in [2.05, 4.69) is 10.1 Å². The molecule has 8 heteroatoms. The number of nitrogens with zero attached hydrogens (tertiary/aromatic N) is 3. The molecular weight excluding hydrogens is 342 g/mol. The Bertz CT molecular complexity index is 1170. The lowest BCUT2D eigenvalue weighted by Gasteiger charge is -2.01. The highest BCUT2D eigenvalue weighted by molar-refractivity contribution is 7.15. The fourth-order valence-corrected chi connectivity index (χ4v) is 3.24. The van der Waals surface area contributed by atoms with Crippen molar-refractivity contribution in [2.45, 2.75) is 6.92 Å². The second kappa shape index (κ2) is 5.99. The third-order valence-corrected chi connectivity index (χ3v) is 4.30. The fraction of sp³-hybridized carbons (Fsp3) is 0.0588. The summed E-state index contributed by atoms with van der Waals surface area (Å²) in [6.07, 6.45) is 3.24. The van der Waals surface area contributed by atoms with E-state index in [1.54, 1.807) is 36.4 Å². The predicted octanol–water partition coefficient (Wildman–Crippen LogP) is 1.88. The third kappa shape index (κ3) is 2.94. The molecule has 3 aromatic heterocycles. The van der Waals surface area contributed by atoms with Gasteiger partial charge >= 0.3 is 5.97 Å². The Morgan fingerprint density at radius 1 is 1.32 bits per heavy atom. The molecule has 7 nitrogen and oxygen atoms in total. The van der Waals surface area contributed by atoms with Crippen molar-refractivity contribution in [1.82, 2.24) is 14.6 Å². The van der Waals surface area contributed by atoms with E-state index >= 15 is 0 Å². The van der Waals surface area contributed by atoms with E-state index in [4.69, 9.17) is 9.15 Å². The van der Waals surface area contributed by atoms with Crippen LogP contribution in [0.5, 0.6) is 5.75 Å². The van der Waals surface area contributed by atoms with Gasteiger partial charge < -0.3 is 9.15 Å². The zero-order valence-electron chi connectivity index (χ0n) is 13.0. The van der Waals surface area contributed by atoms with Gasteiger partial charge in [-0.05, 0) is 35.9 Å². The third-order valence-electron chi connectivity index (χ3n) is 3.34. The molecule has 4 rings (SSSR count). The van der Waals surface area contributed by atoms with E-state index in [0.717, 1.165) is 5.56 Å². The van der Waals surface area contributed by atoms with Crippen molar-refractivity contribution in [2.24, 2.45) is 0 Å². The van der Waals surface area contributed by atoms with E-state index in [1.165, 1.54) is 29.0 Å². The molecule has 0 unspecified atom stereocenters. The number of thiazole rings is 1. The lowest BCUT2D eigenvalue weighted by atomic mass is 10.2. The predicted molar refractivity (Wildman–Crippen MR) is 91.4 cm³/mol. The smallest absolute Gasteiger partial charge is 0.308 e. The van der Waals surface area contributed by atoms with Gasteiger partial charge in [0.15, 0.2) is 5.76 Å². The van der Waals surface area contributed by atoms with E-state index < -0.39 is 5.97 Å². The summed E-state index contributed by atoms with van der Waals surface area (Å²) in [5, 5.41) is 4.19. The molecule has 0 saturated carbocycles. The zero-order chi connectivity index (χ0) is 17.4. The summed E-state index contributed by atoms with van der Waals surface area (Å²) < 4.78 is 12.0. The molecule has 0 saturated heterocycles. The molecule has 0 aliphatic carbocycles. The molecule has 4 aromatic rings. The van der Waals surface area contributed by atoms with Crippen molar-refractivity contribution < 1.29 is 13.9 Å². The number of hydrogen-bond acceptors (Lipinski definition) is 7. The normalized spacial score (nSPS) is 12.0. The molecule has 3 heterocycles. The van der Waals surface area contributed by atoms with Crippen molar-refractivity contribution in [3.05, 3.63) is 63.1 Å². The highest BCUT2D eigenvalue weighted by Crippen LogP contribution is 2.17. The summed E-state index contributed by atoms with van der Waals surface area (Å²) in [5.41, 5.74) is 0.481. The summed E-state index contributed by atoms with van der Waals surface area (Å²) in [4.78, 5) is 28.4. The molecule has 0 aliphatic heterocycles. The van der Waals surface area contributed by atoms with Crippen molar-refractivity contribution in [3.63, 3.8) is 0 Å². The van der Waals surface area contributed by atoms with Gasteiger partial charge in [0.25, 0.3) is 5.56 Å². The van der Waals surface area contributed by atoms with E-state index in [0.29, 0.717) is 26.8 Å². The second-order valence-electron chi connectivity index (χ2n) is 5.19. The fourth-order valence-electron chi connectivity index (χ4n) is 2.33. The summed E-state index contributed by atoms with van der Waals surface area (Å²) in [5.74, 6) is 0.908. The number of fused-ring (bicyclic) bond motifs is 1. The molecule has 124 valence electrons. The first-order valence-electron chi connectivity index (χ1n) is 7.34. The minimum Gasteiger partial charge on any atom is -0.461 e. The van der Waals surface area contributed by atoms with Crippen LogP contribution >= 0.6 is 11.3 Å². The number of aromatic nitrogens is 3. The summed E-state index contributed by atoms with van der Waals surface area (Å²) in [6.45, 7) is 1.34. The first-order chi connectivity index (χ1) is 12.1. The van der Waals surface area contributed by atoms with E-state index in [1.807, 2.05) is 6.07 Å². The molecular formula is C17H11N3O4S. The molecule has 25 heavy (non-hydrogen) atoms. The number of hydrogen-bond donors (Lipinski definition) is 0. The van der Waals surface area contributed by atoms with Crippen LogP contribution in [0.15, 0.2) is 51.9 Å². The first kappa shape index (κ1) is 15.3. The van der Waals surface area contributed by atoms with Crippen LogP contribution in [0.2, 0.25) is 0 Å². The molecule has 1 aromatic carbocycles. The van der Waals surface area contributed by atoms with Gasteiger partial charge in [-0.15, -0.1) is 5.10 Å². The number of furan rings is 1. The number of benzene rings is 1. The van der Waals surface area contributed by atoms with Crippen LogP contribution in [-0.4, -0.2) is 20.6 Å². The van der Waals surface area contributed by atoms with Crippen LogP contribution < -0.4 is 14.8 Å². The number of esters is 1. The number of carbonyl (C=O) groups excluding carboxylic acids is 1. The zero-order valence-corrected chi connectivity index (χ0v) is 13.8. The minimum atomic E-state index is -0.397. The highest BCUT2D eigenvalue weighted by atomic mass is 32.1. The van der Waals surface area contributed by atoms with Gasteiger partial charge in [0.1, 0.15) is 5.75 Å². The highest BCUT2D eigenvalue weighted by Gasteiger charge is 2.13. The first-order valence-corrected chi connectivity index (χ1v) is 8.15. The quantitative estimate of drug-likeness (QED) is 0.413. The van der Waals surface area contributed by atoms with Crippen molar-refractivity contribution in [3.8, 4) is 17.3 Å². The van der Waals surface area contributed by atoms with Crippen LogP contribution in [0.25, 0.3) is 22.6 Å². The van der Waals surface area contributed by atoms with Crippen LogP contribution in [0.4, 0.5) is 0 Å². The Balaban J connectivity index is 1.76. The second-order valence-corrected chi connectivity index (χ2v) is 6.20. The summed E-state index contributed by atoms with van der Waals surface area (Å²) in [6, 6.07) is 10.4. The molecule has 0 amide bonds. The number of rotatable bonds is 3. The van der Waals surface area contributed by atoms with Crippen LogP contribution in [-0.2, 0) is 4.79 Å². The minimum absolute atomic E-state index is 0.261. The molecule has 0 aliphatic rings. The lowest BCUT2D eigenvalue weighted by Crippen LogP contribution is -2.23. The number of ether oxygens (including phenoxy) is 1. The summed E-state index contributed by atoms with van der Waals surface area (Å²) >= 11 is 1.23. The molecule has 0 fully saturated rings. The average Bonchev–Trinajstić information content (AvgIpc) is 3.26. The van der Waals surface area contributed by atoms with Crippen molar-refractivity contribution in [1.29, 1.82) is 0 Å². The average molecular weight is 353 g/mol. The topological polar surface area (TPSA) is 86.7 Å². The van der Waals surface area contributed by atoms with Gasteiger partial charge in [-0.2, -0.15) is 9.50 Å². The molecule has 0 atom stereocenters. The van der Waals surface area contributed by atoms with E-state index in [-0.39, 0.29) is 5.56 Å². The molecule has 0 N–H and O–H groups in total. The molecule has 0 radical (unpaired) electrons. The molecule has 0 bridgehead atoms. The maximum absolute atomic E-state index is 12.5. The van der Waals surface area contributed by atoms with Crippen LogP contribution in [0.3, 0.4) is 0 Å².